The van der Waals surface area contributed by atoms with Gasteiger partial charge in [0.2, 0.25) is 0 Å². The highest BCUT2D eigenvalue weighted by molar-refractivity contribution is 6.15. The lowest BCUT2D eigenvalue weighted by atomic mass is 10.0. The van der Waals surface area contributed by atoms with Crippen LogP contribution in [0.25, 0.3) is 10.8 Å². The number of hydrogen-bond acceptors (Lipinski definition) is 4. The minimum atomic E-state index is -1.19. The van der Waals surface area contributed by atoms with E-state index in [1.54, 1.807) is 6.08 Å². The van der Waals surface area contributed by atoms with Crippen LogP contribution in [0.1, 0.15) is 25.8 Å². The van der Waals surface area contributed by atoms with Gasteiger partial charge in [0.05, 0.1) is 0 Å². The largest absolute Gasteiger partial charge is 0.419 e. The van der Waals surface area contributed by atoms with Crippen molar-refractivity contribution in [3.8, 4) is 0 Å². The number of esters is 2. The number of benzene rings is 2. The zero-order valence-corrected chi connectivity index (χ0v) is 13.2. The molecule has 1 saturated heterocycles. The molecule has 2 aromatic carbocycles. The third-order valence-electron chi connectivity index (χ3n) is 3.76. The van der Waals surface area contributed by atoms with E-state index in [0.29, 0.717) is 6.42 Å². The van der Waals surface area contributed by atoms with Gasteiger partial charge in [-0.05, 0) is 29.2 Å². The van der Waals surface area contributed by atoms with Gasteiger partial charge in [0.15, 0.2) is 0 Å². The van der Waals surface area contributed by atoms with Crippen molar-refractivity contribution in [2.24, 2.45) is 0 Å². The molecule has 4 nitrogen and oxygen atoms in total. The molecule has 1 heterocycles. The summed E-state index contributed by atoms with van der Waals surface area (Å²) in [6, 6.07) is 14.3. The summed E-state index contributed by atoms with van der Waals surface area (Å²) in [5.74, 6) is -2.44. The molecule has 4 heteroatoms. The molecule has 1 aliphatic rings. The number of ether oxygens (including phenoxy) is 2. The molecule has 118 valence electrons. The molecule has 0 aliphatic carbocycles. The fourth-order valence-electron chi connectivity index (χ4n) is 2.71. The average Bonchev–Trinajstić information content (AvgIpc) is 2.49. The van der Waals surface area contributed by atoms with Crippen LogP contribution in [0, 0.1) is 0 Å². The Morgan fingerprint density at radius 3 is 2.35 bits per heavy atom. The van der Waals surface area contributed by atoms with E-state index in [4.69, 9.17) is 9.47 Å². The van der Waals surface area contributed by atoms with Crippen molar-refractivity contribution in [1.82, 2.24) is 0 Å². The Bertz CT molecular complexity index is 775. The minimum absolute atomic E-state index is 0.0236. The van der Waals surface area contributed by atoms with Gasteiger partial charge in [0, 0.05) is 13.8 Å². The van der Waals surface area contributed by atoms with Gasteiger partial charge in [-0.1, -0.05) is 48.5 Å². The first-order chi connectivity index (χ1) is 11.0. The second-order valence-electron chi connectivity index (χ2n) is 5.97. The fourth-order valence-corrected chi connectivity index (χ4v) is 2.71. The maximum atomic E-state index is 11.9. The normalized spacial score (nSPS) is 16.9. The van der Waals surface area contributed by atoms with Gasteiger partial charge < -0.3 is 9.47 Å². The highest BCUT2D eigenvalue weighted by atomic mass is 16.7. The summed E-state index contributed by atoms with van der Waals surface area (Å²) < 4.78 is 10.2. The summed E-state index contributed by atoms with van der Waals surface area (Å²) in [5, 5.41) is 2.36. The van der Waals surface area contributed by atoms with E-state index >= 15 is 0 Å². The van der Waals surface area contributed by atoms with Gasteiger partial charge in [0.1, 0.15) is 5.57 Å². The van der Waals surface area contributed by atoms with Gasteiger partial charge in [-0.25, -0.2) is 9.59 Å². The quantitative estimate of drug-likeness (QED) is 0.494. The van der Waals surface area contributed by atoms with Gasteiger partial charge >= 0.3 is 11.9 Å². The maximum absolute atomic E-state index is 11.9. The average molecular weight is 310 g/mol. The number of carbonyl (C=O) groups is 2. The van der Waals surface area contributed by atoms with Crippen LogP contribution in [0.15, 0.2) is 54.1 Å². The lowest BCUT2D eigenvalue weighted by Crippen LogP contribution is -2.41. The van der Waals surface area contributed by atoms with E-state index in [2.05, 4.69) is 24.3 Å². The molecule has 1 fully saturated rings. The third-order valence-corrected chi connectivity index (χ3v) is 3.76. The molecule has 0 atom stereocenters. The Hall–Kier alpha value is -2.62. The van der Waals surface area contributed by atoms with Crippen LogP contribution >= 0.6 is 0 Å². The Morgan fingerprint density at radius 1 is 0.957 bits per heavy atom. The predicted octanol–water partition coefficient (Wildman–Crippen LogP) is 3.53. The van der Waals surface area contributed by atoms with Crippen molar-refractivity contribution in [1.29, 1.82) is 0 Å². The summed E-state index contributed by atoms with van der Waals surface area (Å²) in [6.07, 6.45) is 2.89. The second kappa shape index (κ2) is 5.88. The molecule has 0 aromatic heterocycles. The van der Waals surface area contributed by atoms with Crippen LogP contribution in [-0.4, -0.2) is 17.7 Å². The summed E-state index contributed by atoms with van der Waals surface area (Å²) >= 11 is 0. The van der Waals surface area contributed by atoms with Crippen molar-refractivity contribution >= 4 is 22.7 Å². The Kier molecular flexibility index (Phi) is 3.90. The van der Waals surface area contributed by atoms with Crippen LogP contribution in [0.2, 0.25) is 0 Å². The van der Waals surface area contributed by atoms with Crippen molar-refractivity contribution in [2.45, 2.75) is 32.5 Å². The Labute approximate surface area is 134 Å². The smallest absolute Gasteiger partial charge is 0.348 e. The SMILES string of the molecule is CC1(C)OC(=O)C(=CCCc2cccc3ccccc23)C(=O)O1. The molecule has 0 spiro atoms. The number of carbonyl (C=O) groups excluding carboxylic acids is 2. The number of allylic oxidation sites excluding steroid dienone is 1. The van der Waals surface area contributed by atoms with Crippen molar-refractivity contribution in [2.75, 3.05) is 0 Å². The van der Waals surface area contributed by atoms with Crippen LogP contribution in [0.4, 0.5) is 0 Å². The molecule has 0 saturated carbocycles. The zero-order valence-electron chi connectivity index (χ0n) is 13.2. The lowest BCUT2D eigenvalue weighted by molar-refractivity contribution is -0.222. The molecule has 0 amide bonds. The molecule has 0 bridgehead atoms. The molecular formula is C19H18O4. The van der Waals surface area contributed by atoms with Crippen LogP contribution < -0.4 is 0 Å². The highest BCUT2D eigenvalue weighted by Gasteiger charge is 2.38. The van der Waals surface area contributed by atoms with E-state index in [-0.39, 0.29) is 5.57 Å². The predicted molar refractivity (Wildman–Crippen MR) is 86.6 cm³/mol. The molecule has 0 N–H and O–H groups in total. The van der Waals surface area contributed by atoms with Crippen LogP contribution in [0.3, 0.4) is 0 Å². The first-order valence-electron chi connectivity index (χ1n) is 7.60. The minimum Gasteiger partial charge on any atom is -0.419 e. The van der Waals surface area contributed by atoms with E-state index in [0.717, 1.165) is 6.42 Å². The molecule has 1 aliphatic heterocycles. The van der Waals surface area contributed by atoms with Gasteiger partial charge in [-0.3, -0.25) is 0 Å². The molecule has 0 unspecified atom stereocenters. The number of fused-ring (bicyclic) bond motifs is 1. The number of cyclic esters (lactones) is 2. The van der Waals surface area contributed by atoms with E-state index in [9.17, 15) is 9.59 Å². The van der Waals surface area contributed by atoms with E-state index in [1.165, 1.54) is 30.2 Å². The summed E-state index contributed by atoms with van der Waals surface area (Å²) in [5.41, 5.74) is 1.15. The molecule has 2 aromatic rings. The van der Waals surface area contributed by atoms with E-state index in [1.807, 2.05) is 18.2 Å². The third kappa shape index (κ3) is 3.26. The standard InChI is InChI=1S/C19H18O4/c1-19(2)22-17(20)16(18(21)23-19)12-6-10-14-9-5-8-13-7-3-4-11-15(13)14/h3-5,7-9,11-12H,6,10H2,1-2H3. The van der Waals surface area contributed by atoms with Crippen molar-refractivity contribution < 1.29 is 19.1 Å². The van der Waals surface area contributed by atoms with Crippen molar-refractivity contribution in [3.63, 3.8) is 0 Å². The number of aryl methyl sites for hydroxylation is 1. The fraction of sp³-hybridized carbons (Fsp3) is 0.263. The van der Waals surface area contributed by atoms with Gasteiger partial charge in [-0.2, -0.15) is 0 Å². The monoisotopic (exact) mass is 310 g/mol. The topological polar surface area (TPSA) is 52.6 Å². The van der Waals surface area contributed by atoms with Crippen molar-refractivity contribution in [3.05, 3.63) is 59.7 Å². The van der Waals surface area contributed by atoms with Crippen LogP contribution in [-0.2, 0) is 25.5 Å². The zero-order chi connectivity index (χ0) is 16.4. The van der Waals surface area contributed by atoms with Crippen LogP contribution in [0.5, 0.6) is 0 Å². The highest BCUT2D eigenvalue weighted by Crippen LogP contribution is 2.24. The Balaban J connectivity index is 1.76. The first kappa shape index (κ1) is 15.3. The first-order valence-corrected chi connectivity index (χ1v) is 7.60. The lowest BCUT2D eigenvalue weighted by Gasteiger charge is -2.29. The van der Waals surface area contributed by atoms with Gasteiger partial charge in [-0.15, -0.1) is 0 Å². The molecular weight excluding hydrogens is 292 g/mol. The molecule has 3 rings (SSSR count). The van der Waals surface area contributed by atoms with Gasteiger partial charge in [0.25, 0.3) is 5.79 Å². The van der Waals surface area contributed by atoms with E-state index < -0.39 is 17.7 Å². The number of hydrogen-bond donors (Lipinski definition) is 0. The summed E-state index contributed by atoms with van der Waals surface area (Å²) in [7, 11) is 0. The number of rotatable bonds is 3. The summed E-state index contributed by atoms with van der Waals surface area (Å²) in [6.45, 7) is 3.07. The summed E-state index contributed by atoms with van der Waals surface area (Å²) in [4.78, 5) is 23.8. The molecule has 23 heavy (non-hydrogen) atoms. The maximum Gasteiger partial charge on any atom is 0.348 e. The second-order valence-corrected chi connectivity index (χ2v) is 5.97. The molecule has 0 radical (unpaired) electrons. The Morgan fingerprint density at radius 2 is 1.61 bits per heavy atom.